The average Bonchev–Trinajstić information content (AvgIpc) is 3.30. The van der Waals surface area contributed by atoms with Crippen LogP contribution in [0.4, 0.5) is 4.79 Å². The average molecular weight is 415 g/mol. The van der Waals surface area contributed by atoms with Gasteiger partial charge in [0.2, 0.25) is 0 Å². The van der Waals surface area contributed by atoms with Crippen molar-refractivity contribution in [1.29, 1.82) is 0 Å². The minimum Gasteiger partial charge on any atom is -0.493 e. The lowest BCUT2D eigenvalue weighted by Crippen LogP contribution is -3.28. The number of hydrogen-bond donors (Lipinski definition) is 3. The molecule has 3 fully saturated rings. The van der Waals surface area contributed by atoms with Gasteiger partial charge in [-0.1, -0.05) is 6.92 Å². The third-order valence-electron chi connectivity index (χ3n) is 7.63. The number of nitrogens with zero attached hydrogens (tertiary/aromatic N) is 1. The first-order chi connectivity index (χ1) is 14.5. The molecular weight excluding hydrogens is 380 g/mol. The van der Waals surface area contributed by atoms with E-state index in [1.165, 1.54) is 20.9 Å². The molecule has 2 saturated heterocycles. The summed E-state index contributed by atoms with van der Waals surface area (Å²) in [5.41, 5.74) is 2.09. The number of rotatable bonds is 4. The van der Waals surface area contributed by atoms with Crippen molar-refractivity contribution in [3.05, 3.63) is 29.3 Å². The van der Waals surface area contributed by atoms with E-state index in [2.05, 4.69) is 30.4 Å². The highest BCUT2D eigenvalue weighted by atomic mass is 16.5. The van der Waals surface area contributed by atoms with Gasteiger partial charge in [0.1, 0.15) is 44.0 Å². The molecule has 3 N–H and O–H groups in total. The number of piperazine rings is 1. The smallest absolute Gasteiger partial charge is 0.329 e. The number of quaternary nitrogens is 2. The molecule has 1 saturated carbocycles. The zero-order valence-corrected chi connectivity index (χ0v) is 18.0. The maximum absolute atomic E-state index is 13.1. The zero-order valence-electron chi connectivity index (χ0n) is 18.0. The van der Waals surface area contributed by atoms with Crippen molar-refractivity contribution in [2.75, 3.05) is 39.5 Å². The van der Waals surface area contributed by atoms with Crippen LogP contribution in [0.1, 0.15) is 43.7 Å². The number of carbonyl (C=O) groups excluding carboxylic acids is 2. The summed E-state index contributed by atoms with van der Waals surface area (Å²) >= 11 is 0. The molecule has 1 aromatic carbocycles. The second-order valence-corrected chi connectivity index (χ2v) is 9.80. The first-order valence-corrected chi connectivity index (χ1v) is 11.6. The number of carbonyl (C=O) groups is 2. The molecule has 0 bridgehead atoms. The van der Waals surface area contributed by atoms with Crippen LogP contribution in [-0.4, -0.2) is 61.8 Å². The van der Waals surface area contributed by atoms with Gasteiger partial charge in [0.25, 0.3) is 5.91 Å². The third-order valence-corrected chi connectivity index (χ3v) is 7.63. The Labute approximate surface area is 178 Å². The monoisotopic (exact) mass is 414 g/mol. The summed E-state index contributed by atoms with van der Waals surface area (Å²) in [6.07, 6.45) is 4.62. The molecule has 3 aliphatic heterocycles. The second kappa shape index (κ2) is 7.85. The van der Waals surface area contributed by atoms with Crippen LogP contribution in [-0.2, 0) is 17.8 Å². The van der Waals surface area contributed by atoms with Gasteiger partial charge in [-0.25, -0.2) is 9.69 Å². The summed E-state index contributed by atoms with van der Waals surface area (Å²) in [4.78, 5) is 30.1. The molecule has 1 aliphatic carbocycles. The van der Waals surface area contributed by atoms with Crippen LogP contribution >= 0.6 is 0 Å². The standard InChI is InChI=1S/C23H32N4O3/c1-17-4-7-23(8-5-17)21(28)27(22(29)24-23)16-26-11-9-25(10-12-26)15-18-2-3-20-19(14-18)6-13-30-20/h2-3,14,17H,4-13,15-16H2,1H3,(H,24,29)/p+2. The number of ether oxygens (including phenoxy) is 1. The zero-order chi connectivity index (χ0) is 20.7. The number of fused-ring (bicyclic) bond motifs is 1. The predicted octanol–water partition coefficient (Wildman–Crippen LogP) is -0.637. The van der Waals surface area contributed by atoms with Crippen LogP contribution < -0.4 is 19.9 Å². The van der Waals surface area contributed by atoms with Gasteiger partial charge in [-0.2, -0.15) is 0 Å². The van der Waals surface area contributed by atoms with Gasteiger partial charge in [-0.05, 0) is 55.4 Å². The Hall–Kier alpha value is -2.12. The van der Waals surface area contributed by atoms with Crippen molar-refractivity contribution in [2.24, 2.45) is 5.92 Å². The van der Waals surface area contributed by atoms with Crippen molar-refractivity contribution in [3.63, 3.8) is 0 Å². The van der Waals surface area contributed by atoms with E-state index < -0.39 is 5.54 Å². The summed E-state index contributed by atoms with van der Waals surface area (Å²) in [7, 11) is 0. The Morgan fingerprint density at radius 1 is 1.13 bits per heavy atom. The molecule has 162 valence electrons. The largest absolute Gasteiger partial charge is 0.493 e. The lowest BCUT2D eigenvalue weighted by atomic mass is 9.77. The summed E-state index contributed by atoms with van der Waals surface area (Å²) in [6.45, 7) is 8.68. The van der Waals surface area contributed by atoms with E-state index in [0.717, 1.165) is 77.2 Å². The van der Waals surface area contributed by atoms with E-state index in [1.54, 1.807) is 4.90 Å². The van der Waals surface area contributed by atoms with Crippen molar-refractivity contribution in [3.8, 4) is 5.75 Å². The van der Waals surface area contributed by atoms with Crippen LogP contribution in [0.15, 0.2) is 18.2 Å². The summed E-state index contributed by atoms with van der Waals surface area (Å²) in [6, 6.07) is 6.41. The Bertz CT molecular complexity index is 826. The lowest BCUT2D eigenvalue weighted by Gasteiger charge is -2.34. The Balaban J connectivity index is 1.14. The van der Waals surface area contributed by atoms with Crippen molar-refractivity contribution in [2.45, 2.75) is 51.1 Å². The Kier molecular flexibility index (Phi) is 5.19. The number of imide groups is 1. The lowest BCUT2D eigenvalue weighted by molar-refractivity contribution is -1.02. The van der Waals surface area contributed by atoms with Crippen LogP contribution in [0.2, 0.25) is 0 Å². The second-order valence-electron chi connectivity index (χ2n) is 9.80. The SMILES string of the molecule is CC1CCC2(CC1)NC(=O)N(C[NH+]1CC[NH+](Cc3ccc4c(c3)CCO4)CC1)C2=O. The van der Waals surface area contributed by atoms with Crippen molar-refractivity contribution in [1.82, 2.24) is 10.2 Å². The van der Waals surface area contributed by atoms with E-state index >= 15 is 0 Å². The summed E-state index contributed by atoms with van der Waals surface area (Å²) < 4.78 is 5.61. The quantitative estimate of drug-likeness (QED) is 0.575. The number of amides is 3. The predicted molar refractivity (Wildman–Crippen MR) is 111 cm³/mol. The normalized spacial score (nSPS) is 33.5. The molecule has 5 rings (SSSR count). The molecule has 3 amide bonds. The first-order valence-electron chi connectivity index (χ1n) is 11.6. The molecular formula is C23H34N4O3+2. The molecule has 4 aliphatic rings. The molecule has 0 aromatic heterocycles. The van der Waals surface area contributed by atoms with E-state index in [0.29, 0.717) is 12.6 Å². The maximum Gasteiger partial charge on any atom is 0.329 e. The van der Waals surface area contributed by atoms with E-state index in [4.69, 9.17) is 4.74 Å². The molecule has 0 radical (unpaired) electrons. The fourth-order valence-corrected chi connectivity index (χ4v) is 5.57. The van der Waals surface area contributed by atoms with Crippen molar-refractivity contribution >= 4 is 11.9 Å². The maximum atomic E-state index is 13.1. The highest BCUT2D eigenvalue weighted by Gasteiger charge is 2.53. The molecule has 0 unspecified atom stereocenters. The number of urea groups is 1. The van der Waals surface area contributed by atoms with Crippen LogP contribution in [0, 0.1) is 5.92 Å². The van der Waals surface area contributed by atoms with Gasteiger partial charge >= 0.3 is 6.03 Å². The van der Waals surface area contributed by atoms with Gasteiger partial charge < -0.3 is 19.9 Å². The van der Waals surface area contributed by atoms with Gasteiger partial charge in [-0.15, -0.1) is 0 Å². The highest BCUT2D eigenvalue weighted by Crippen LogP contribution is 2.36. The van der Waals surface area contributed by atoms with Crippen LogP contribution in [0.3, 0.4) is 0 Å². The van der Waals surface area contributed by atoms with Gasteiger partial charge in [0.05, 0.1) is 6.61 Å². The minimum absolute atomic E-state index is 0.0158. The first kappa shape index (κ1) is 19.8. The number of hydrogen-bond acceptors (Lipinski definition) is 3. The molecule has 3 heterocycles. The molecule has 7 nitrogen and oxygen atoms in total. The molecule has 1 aromatic rings. The van der Waals surface area contributed by atoms with Crippen LogP contribution in [0.25, 0.3) is 0 Å². The highest BCUT2D eigenvalue weighted by molar-refractivity contribution is 6.06. The Morgan fingerprint density at radius 3 is 2.63 bits per heavy atom. The van der Waals surface area contributed by atoms with Gasteiger partial charge in [0.15, 0.2) is 6.67 Å². The molecule has 1 spiro atoms. The molecule has 7 heteroatoms. The van der Waals surface area contributed by atoms with Gasteiger partial charge in [0, 0.05) is 12.0 Å². The van der Waals surface area contributed by atoms with E-state index in [-0.39, 0.29) is 11.9 Å². The topological polar surface area (TPSA) is 67.5 Å². The van der Waals surface area contributed by atoms with E-state index in [1.807, 2.05) is 0 Å². The fraction of sp³-hybridized carbons (Fsp3) is 0.652. The number of benzene rings is 1. The third kappa shape index (κ3) is 3.69. The fourth-order valence-electron chi connectivity index (χ4n) is 5.57. The minimum atomic E-state index is -0.618. The Morgan fingerprint density at radius 2 is 1.87 bits per heavy atom. The number of nitrogens with one attached hydrogen (secondary N) is 3. The van der Waals surface area contributed by atoms with E-state index in [9.17, 15) is 9.59 Å². The summed E-state index contributed by atoms with van der Waals surface area (Å²) in [5, 5.41) is 3.05. The van der Waals surface area contributed by atoms with Crippen LogP contribution in [0.5, 0.6) is 5.75 Å². The van der Waals surface area contributed by atoms with Gasteiger partial charge in [-0.3, -0.25) is 4.79 Å². The molecule has 30 heavy (non-hydrogen) atoms. The molecule has 0 atom stereocenters. The van der Waals surface area contributed by atoms with Crippen molar-refractivity contribution < 1.29 is 24.1 Å². The summed E-state index contributed by atoms with van der Waals surface area (Å²) in [5.74, 6) is 1.71.